The molecular formula is C33H36Cl2N2O5. The van der Waals surface area contributed by atoms with E-state index in [0.29, 0.717) is 40.1 Å². The Morgan fingerprint density at radius 3 is 2.36 bits per heavy atom. The molecule has 42 heavy (non-hydrogen) atoms. The number of para-hydroxylation sites is 1. The second-order valence-electron chi connectivity index (χ2n) is 12.8. The van der Waals surface area contributed by atoms with Crippen molar-refractivity contribution in [2.75, 3.05) is 13.1 Å². The molecular weight excluding hydrogens is 575 g/mol. The van der Waals surface area contributed by atoms with Crippen molar-refractivity contribution in [3.8, 4) is 0 Å². The fourth-order valence-electron chi connectivity index (χ4n) is 7.96. The van der Waals surface area contributed by atoms with Crippen molar-refractivity contribution in [1.82, 2.24) is 9.88 Å². The average Bonchev–Trinajstić information content (AvgIpc) is 3.35. The number of hydrogen-bond acceptors (Lipinski definition) is 4. The number of esters is 1. The highest BCUT2D eigenvalue weighted by atomic mass is 35.5. The van der Waals surface area contributed by atoms with E-state index in [0.717, 1.165) is 47.7 Å². The van der Waals surface area contributed by atoms with Gasteiger partial charge in [0, 0.05) is 33.7 Å². The SMILES string of the molecule is CC(Cc1c[nH]c2ccccc12)(C(=O)OC1C2CC3CC(C2)CC1C3)C(=O)N(CCc1ccc(Cl)cc1Cl)CC(=O)O. The minimum Gasteiger partial charge on any atom is -0.480 e. The maximum Gasteiger partial charge on any atom is 0.323 e. The summed E-state index contributed by atoms with van der Waals surface area (Å²) < 4.78 is 6.34. The lowest BCUT2D eigenvalue weighted by Crippen LogP contribution is -2.55. The minimum atomic E-state index is -1.63. The van der Waals surface area contributed by atoms with E-state index < -0.39 is 29.8 Å². The fraction of sp³-hybridized carbons (Fsp3) is 0.485. The maximum atomic E-state index is 14.4. The van der Waals surface area contributed by atoms with E-state index >= 15 is 0 Å². The second kappa shape index (κ2) is 11.6. The molecule has 2 aromatic carbocycles. The molecule has 0 aliphatic heterocycles. The molecule has 222 valence electrons. The number of aliphatic carboxylic acids is 1. The van der Waals surface area contributed by atoms with Crippen LogP contribution in [-0.4, -0.2) is 52.0 Å². The van der Waals surface area contributed by atoms with Gasteiger partial charge >= 0.3 is 11.9 Å². The van der Waals surface area contributed by atoms with Crippen molar-refractivity contribution in [2.24, 2.45) is 29.1 Å². The third-order valence-electron chi connectivity index (χ3n) is 9.80. The molecule has 1 aromatic heterocycles. The van der Waals surface area contributed by atoms with Gasteiger partial charge in [0.15, 0.2) is 0 Å². The highest BCUT2D eigenvalue weighted by molar-refractivity contribution is 6.35. The molecule has 0 radical (unpaired) electrons. The van der Waals surface area contributed by atoms with Crippen molar-refractivity contribution in [3.63, 3.8) is 0 Å². The predicted molar refractivity (Wildman–Crippen MR) is 161 cm³/mol. The summed E-state index contributed by atoms with van der Waals surface area (Å²) in [6.07, 6.45) is 7.60. The number of hydrogen-bond donors (Lipinski definition) is 2. The van der Waals surface area contributed by atoms with Gasteiger partial charge in [-0.1, -0.05) is 47.5 Å². The zero-order chi connectivity index (χ0) is 29.6. The zero-order valence-corrected chi connectivity index (χ0v) is 25.2. The number of carboxylic acid groups (broad SMARTS) is 1. The number of benzene rings is 2. The summed E-state index contributed by atoms with van der Waals surface area (Å²) in [5.74, 6) is -0.196. The van der Waals surface area contributed by atoms with Crippen molar-refractivity contribution in [1.29, 1.82) is 0 Å². The Balaban J connectivity index is 1.30. The Hall–Kier alpha value is -3.03. The van der Waals surface area contributed by atoms with E-state index in [9.17, 15) is 19.5 Å². The van der Waals surface area contributed by atoms with Gasteiger partial charge in [0.2, 0.25) is 5.91 Å². The van der Waals surface area contributed by atoms with Gasteiger partial charge in [-0.15, -0.1) is 0 Å². The number of carbonyl (C=O) groups excluding carboxylic acids is 2. The van der Waals surface area contributed by atoms with Gasteiger partial charge in [0.25, 0.3) is 0 Å². The van der Waals surface area contributed by atoms with E-state index in [2.05, 4.69) is 4.98 Å². The molecule has 3 aromatic rings. The molecule has 1 atom stereocenters. The zero-order valence-electron chi connectivity index (χ0n) is 23.7. The summed E-state index contributed by atoms with van der Waals surface area (Å²) in [6, 6.07) is 12.8. The van der Waals surface area contributed by atoms with E-state index in [1.165, 1.54) is 11.3 Å². The van der Waals surface area contributed by atoms with Gasteiger partial charge in [0.1, 0.15) is 18.1 Å². The molecule has 9 heteroatoms. The lowest BCUT2D eigenvalue weighted by Gasteiger charge is -2.53. The first-order chi connectivity index (χ1) is 20.1. The maximum absolute atomic E-state index is 14.4. The Bertz CT molecular complexity index is 1490. The highest BCUT2D eigenvalue weighted by Crippen LogP contribution is 2.55. The largest absolute Gasteiger partial charge is 0.480 e. The highest BCUT2D eigenvalue weighted by Gasteiger charge is 2.53. The van der Waals surface area contributed by atoms with E-state index in [1.54, 1.807) is 25.1 Å². The number of amides is 1. The number of ether oxygens (including phenoxy) is 1. The summed E-state index contributed by atoms with van der Waals surface area (Å²) in [6.45, 7) is 1.14. The molecule has 1 unspecified atom stereocenters. The quantitative estimate of drug-likeness (QED) is 0.200. The summed E-state index contributed by atoms with van der Waals surface area (Å²) >= 11 is 12.4. The lowest BCUT2D eigenvalue weighted by atomic mass is 9.55. The first-order valence-electron chi connectivity index (χ1n) is 14.8. The van der Waals surface area contributed by atoms with Crippen molar-refractivity contribution >= 4 is 52.0 Å². The molecule has 4 bridgehead atoms. The summed E-state index contributed by atoms with van der Waals surface area (Å²) in [7, 11) is 0. The standard InChI is InChI=1S/C33H36Cl2N2O5/c1-33(16-24-17-36-28-5-3-2-4-26(24)28,32(41)42-30-22-11-19-10-20(13-22)14-23(30)12-19)31(40)37(18-29(38)39)9-8-21-6-7-25(34)15-27(21)35/h2-7,15,17,19-20,22-23,30,36H,8-14,16,18H2,1H3,(H,38,39). The molecule has 1 amide bonds. The first kappa shape index (κ1) is 29.1. The molecule has 0 spiro atoms. The third kappa shape index (κ3) is 5.66. The fourth-order valence-corrected chi connectivity index (χ4v) is 8.46. The van der Waals surface area contributed by atoms with Crippen molar-refractivity contribution in [3.05, 3.63) is 69.8 Å². The molecule has 7 rings (SSSR count). The van der Waals surface area contributed by atoms with Crippen LogP contribution in [0.3, 0.4) is 0 Å². The number of carbonyl (C=O) groups is 3. The number of nitrogens with one attached hydrogen (secondary N) is 1. The number of halogens is 2. The van der Waals surface area contributed by atoms with Crippen LogP contribution in [0.1, 0.15) is 50.2 Å². The lowest BCUT2D eigenvalue weighted by molar-refractivity contribution is -0.185. The molecule has 0 saturated heterocycles. The van der Waals surface area contributed by atoms with Crippen LogP contribution in [0.25, 0.3) is 10.9 Å². The van der Waals surface area contributed by atoms with Gasteiger partial charge in [-0.05, 0) is 105 Å². The van der Waals surface area contributed by atoms with Crippen LogP contribution in [0.15, 0.2) is 48.7 Å². The summed E-state index contributed by atoms with van der Waals surface area (Å²) in [5.41, 5.74) is 0.813. The Labute approximate surface area is 255 Å². The molecule has 7 nitrogen and oxygen atoms in total. The van der Waals surface area contributed by atoms with Gasteiger partial charge in [-0.25, -0.2) is 0 Å². The normalized spacial score (nSPS) is 25.7. The van der Waals surface area contributed by atoms with Crippen molar-refractivity contribution in [2.45, 2.75) is 58.0 Å². The molecule has 4 saturated carbocycles. The van der Waals surface area contributed by atoms with Crippen LogP contribution in [0.2, 0.25) is 10.0 Å². The van der Waals surface area contributed by atoms with Gasteiger partial charge in [-0.2, -0.15) is 0 Å². The number of aromatic nitrogens is 1. The van der Waals surface area contributed by atoms with Gasteiger partial charge in [0.05, 0.1) is 0 Å². The molecule has 4 aliphatic rings. The Morgan fingerprint density at radius 1 is 1.00 bits per heavy atom. The van der Waals surface area contributed by atoms with Crippen molar-refractivity contribution < 1.29 is 24.2 Å². The number of nitrogens with zero attached hydrogens (tertiary/aromatic N) is 1. The van der Waals surface area contributed by atoms with E-state index in [4.69, 9.17) is 27.9 Å². The van der Waals surface area contributed by atoms with Crippen LogP contribution in [-0.2, 0) is 32.0 Å². The topological polar surface area (TPSA) is 99.7 Å². The predicted octanol–water partition coefficient (Wildman–Crippen LogP) is 6.55. The average molecular weight is 612 g/mol. The number of fused-ring (bicyclic) bond motifs is 1. The summed E-state index contributed by atoms with van der Waals surface area (Å²) in [4.78, 5) is 45.1. The monoisotopic (exact) mass is 610 g/mol. The molecule has 4 fully saturated rings. The van der Waals surface area contributed by atoms with Crippen LogP contribution >= 0.6 is 23.2 Å². The van der Waals surface area contributed by atoms with Crippen LogP contribution < -0.4 is 0 Å². The molecule has 2 N–H and O–H groups in total. The van der Waals surface area contributed by atoms with E-state index in [1.807, 2.05) is 30.5 Å². The van der Waals surface area contributed by atoms with Crippen LogP contribution in [0.5, 0.6) is 0 Å². The number of carboxylic acids is 1. The van der Waals surface area contributed by atoms with Crippen LogP contribution in [0.4, 0.5) is 0 Å². The minimum absolute atomic E-state index is 0.0707. The molecule has 4 aliphatic carbocycles. The number of aromatic amines is 1. The summed E-state index contributed by atoms with van der Waals surface area (Å²) in [5, 5.41) is 11.6. The number of H-pyrrole nitrogens is 1. The Kier molecular flexibility index (Phi) is 8.01. The molecule has 1 heterocycles. The smallest absolute Gasteiger partial charge is 0.323 e. The Morgan fingerprint density at radius 2 is 1.69 bits per heavy atom. The number of rotatable bonds is 10. The van der Waals surface area contributed by atoms with Crippen LogP contribution in [0, 0.1) is 29.1 Å². The van der Waals surface area contributed by atoms with E-state index in [-0.39, 0.29) is 19.1 Å². The van der Waals surface area contributed by atoms with Gasteiger partial charge < -0.3 is 19.7 Å². The second-order valence-corrected chi connectivity index (χ2v) is 13.6. The first-order valence-corrected chi connectivity index (χ1v) is 15.6. The third-order valence-corrected chi connectivity index (χ3v) is 10.4. The van der Waals surface area contributed by atoms with Gasteiger partial charge in [-0.3, -0.25) is 14.4 Å².